The Hall–Kier alpha value is -2.48. The second-order valence-electron chi connectivity index (χ2n) is 8.89. The molecule has 0 unspecified atom stereocenters. The van der Waals surface area contributed by atoms with Crippen molar-refractivity contribution in [3.63, 3.8) is 0 Å². The second-order valence-corrected chi connectivity index (χ2v) is 10.6. The number of piperidine rings is 1. The summed E-state index contributed by atoms with van der Waals surface area (Å²) in [4.78, 5) is 14.1. The van der Waals surface area contributed by atoms with Crippen molar-refractivity contribution in [1.29, 1.82) is 0 Å². The van der Waals surface area contributed by atoms with Gasteiger partial charge in [0, 0.05) is 30.6 Å². The quantitative estimate of drug-likeness (QED) is 0.601. The highest BCUT2D eigenvalue weighted by Gasteiger charge is 2.39. The fourth-order valence-electron chi connectivity index (χ4n) is 4.39. The zero-order valence-electron chi connectivity index (χ0n) is 18.4. The first-order valence-electron chi connectivity index (χ1n) is 11.2. The molecule has 1 heterocycles. The normalized spacial score (nSPS) is 22.2. The lowest BCUT2D eigenvalue weighted by atomic mass is 10.0. The van der Waals surface area contributed by atoms with Gasteiger partial charge < -0.3 is 5.32 Å². The first-order valence-corrected chi connectivity index (χ1v) is 13.1. The Bertz CT molecular complexity index is 1040. The largest absolute Gasteiger partial charge is 0.311 e. The Morgan fingerprint density at radius 3 is 2.41 bits per heavy atom. The number of carbonyl (C=O) groups is 1. The minimum atomic E-state index is -3.53. The average molecular weight is 454 g/mol. The molecule has 7 heteroatoms. The van der Waals surface area contributed by atoms with Gasteiger partial charge in [-0.3, -0.25) is 9.69 Å². The predicted molar refractivity (Wildman–Crippen MR) is 127 cm³/mol. The van der Waals surface area contributed by atoms with Crippen LogP contribution in [0.1, 0.15) is 41.9 Å². The number of hydrogen-bond acceptors (Lipinski definition) is 5. The number of carbonyl (C=O) groups excluding carboxylic acids is 1. The highest BCUT2D eigenvalue weighted by molar-refractivity contribution is 7.89. The number of benzene rings is 2. The van der Waals surface area contributed by atoms with Crippen molar-refractivity contribution in [1.82, 2.24) is 14.9 Å². The molecule has 1 amide bonds. The Morgan fingerprint density at radius 1 is 1.06 bits per heavy atom. The van der Waals surface area contributed by atoms with E-state index in [1.165, 1.54) is 36.5 Å². The highest BCUT2D eigenvalue weighted by atomic mass is 32.2. The summed E-state index contributed by atoms with van der Waals surface area (Å²) in [5.74, 6) is 0.0357. The third kappa shape index (κ3) is 6.76. The fourth-order valence-corrected chi connectivity index (χ4v) is 4.82. The smallest absolute Gasteiger partial charge is 0.257 e. The highest BCUT2D eigenvalue weighted by Crippen LogP contribution is 2.41. The van der Waals surface area contributed by atoms with Gasteiger partial charge in [0.2, 0.25) is 10.0 Å². The van der Waals surface area contributed by atoms with Gasteiger partial charge in [-0.15, -0.1) is 0 Å². The van der Waals surface area contributed by atoms with E-state index in [2.05, 4.69) is 52.7 Å². The van der Waals surface area contributed by atoms with Crippen LogP contribution in [-0.2, 0) is 21.4 Å². The summed E-state index contributed by atoms with van der Waals surface area (Å²) in [7, 11) is -3.53. The van der Waals surface area contributed by atoms with Gasteiger partial charge in [0.15, 0.2) is 0 Å². The number of nitrogens with zero attached hydrogens (tertiary/aromatic N) is 1. The molecule has 0 radical (unpaired) electrons. The number of amides is 1. The van der Waals surface area contributed by atoms with Crippen molar-refractivity contribution in [3.8, 4) is 0 Å². The van der Waals surface area contributed by atoms with Crippen LogP contribution < -0.4 is 10.0 Å². The van der Waals surface area contributed by atoms with Crippen LogP contribution in [0.25, 0.3) is 6.08 Å². The fraction of sp³-hybridized carbons (Fsp3) is 0.400. The maximum absolute atomic E-state index is 11.6. The molecule has 1 aliphatic carbocycles. The summed E-state index contributed by atoms with van der Waals surface area (Å²) >= 11 is 0. The summed E-state index contributed by atoms with van der Waals surface area (Å²) in [5, 5.41) is 3.87. The summed E-state index contributed by atoms with van der Waals surface area (Å²) < 4.78 is 24.0. The zero-order chi connectivity index (χ0) is 22.6. The molecule has 6 nitrogen and oxygen atoms in total. The van der Waals surface area contributed by atoms with Gasteiger partial charge in [-0.25, -0.2) is 13.1 Å². The van der Waals surface area contributed by atoms with Gasteiger partial charge in [-0.05, 0) is 55.1 Å². The molecule has 4 rings (SSSR count). The lowest BCUT2D eigenvalue weighted by Crippen LogP contribution is -2.43. The summed E-state index contributed by atoms with van der Waals surface area (Å²) in [6.45, 7) is 3.10. The van der Waals surface area contributed by atoms with Gasteiger partial charge in [-0.1, -0.05) is 54.6 Å². The molecule has 2 N–H and O–H groups in total. The monoisotopic (exact) mass is 453 g/mol. The number of likely N-dealkylation sites (tertiary alicyclic amines) is 1. The molecule has 1 saturated carbocycles. The maximum atomic E-state index is 11.6. The standard InChI is InChI=1S/C25H31N3O3S/c1-32(30,31)27-25(29)12-11-19-7-9-20(10-8-19)18-28-15-13-22(14-16-28)26-24-17-23(24)21-5-3-2-4-6-21/h2-12,22-24,26H,13-18H2,1H3,(H,27,29)/b12-11+/t23-,24+/m0/s1. The first kappa shape index (κ1) is 22.7. The molecule has 32 heavy (non-hydrogen) atoms. The molecule has 2 aliphatic rings. The summed E-state index contributed by atoms with van der Waals surface area (Å²) in [6, 6.07) is 20.1. The van der Waals surface area contributed by atoms with Crippen LogP contribution in [0.3, 0.4) is 0 Å². The van der Waals surface area contributed by atoms with E-state index in [0.717, 1.165) is 31.5 Å². The van der Waals surface area contributed by atoms with Crippen molar-refractivity contribution >= 4 is 22.0 Å². The predicted octanol–water partition coefficient (Wildman–Crippen LogP) is 2.89. The molecule has 0 spiro atoms. The van der Waals surface area contributed by atoms with Crippen LogP contribution in [0.4, 0.5) is 0 Å². The van der Waals surface area contributed by atoms with Crippen LogP contribution in [-0.4, -0.2) is 50.7 Å². The zero-order valence-corrected chi connectivity index (χ0v) is 19.2. The number of nitrogens with one attached hydrogen (secondary N) is 2. The molecule has 2 aromatic carbocycles. The third-order valence-corrected chi connectivity index (χ3v) is 6.73. The van der Waals surface area contributed by atoms with Crippen molar-refractivity contribution in [2.45, 2.75) is 43.8 Å². The second kappa shape index (κ2) is 9.98. The van der Waals surface area contributed by atoms with Gasteiger partial charge in [0.1, 0.15) is 0 Å². The van der Waals surface area contributed by atoms with E-state index in [4.69, 9.17) is 0 Å². The molecular formula is C25H31N3O3S. The molecule has 0 bridgehead atoms. The number of sulfonamides is 1. The van der Waals surface area contributed by atoms with Gasteiger partial charge in [0.05, 0.1) is 6.26 Å². The van der Waals surface area contributed by atoms with Crippen molar-refractivity contribution in [3.05, 3.63) is 77.4 Å². The van der Waals surface area contributed by atoms with Crippen molar-refractivity contribution < 1.29 is 13.2 Å². The van der Waals surface area contributed by atoms with E-state index in [0.29, 0.717) is 18.0 Å². The van der Waals surface area contributed by atoms with E-state index in [1.807, 2.05) is 16.9 Å². The third-order valence-electron chi connectivity index (χ3n) is 6.15. The van der Waals surface area contributed by atoms with E-state index < -0.39 is 15.9 Å². The average Bonchev–Trinajstić information content (AvgIpc) is 3.53. The van der Waals surface area contributed by atoms with E-state index in [-0.39, 0.29) is 0 Å². The molecule has 1 aliphatic heterocycles. The van der Waals surface area contributed by atoms with Crippen molar-refractivity contribution in [2.75, 3.05) is 19.3 Å². The molecule has 2 atom stereocenters. The first-order chi connectivity index (χ1) is 15.4. The van der Waals surface area contributed by atoms with Gasteiger partial charge in [-0.2, -0.15) is 0 Å². The van der Waals surface area contributed by atoms with Gasteiger partial charge in [0.25, 0.3) is 5.91 Å². The minimum absolute atomic E-state index is 0.607. The molecule has 2 fully saturated rings. The summed E-state index contributed by atoms with van der Waals surface area (Å²) in [5.41, 5.74) is 3.55. The summed E-state index contributed by atoms with van der Waals surface area (Å²) in [6.07, 6.45) is 7.40. The van der Waals surface area contributed by atoms with Crippen LogP contribution in [0, 0.1) is 0 Å². The maximum Gasteiger partial charge on any atom is 0.257 e. The van der Waals surface area contributed by atoms with Crippen LogP contribution in [0.15, 0.2) is 60.7 Å². The Kier molecular flexibility index (Phi) is 7.08. The minimum Gasteiger partial charge on any atom is -0.311 e. The van der Waals surface area contributed by atoms with E-state index in [9.17, 15) is 13.2 Å². The SMILES string of the molecule is CS(=O)(=O)NC(=O)/C=C/c1ccc(CN2CCC(N[C@@H]3C[C@H]3c3ccccc3)CC2)cc1. The number of rotatable bonds is 8. The Morgan fingerprint density at radius 2 is 1.75 bits per heavy atom. The van der Waals surface area contributed by atoms with Crippen LogP contribution in [0.2, 0.25) is 0 Å². The van der Waals surface area contributed by atoms with E-state index >= 15 is 0 Å². The molecule has 1 saturated heterocycles. The molecule has 170 valence electrons. The molecule has 0 aromatic heterocycles. The Labute approximate surface area is 190 Å². The van der Waals surface area contributed by atoms with Crippen molar-refractivity contribution in [2.24, 2.45) is 0 Å². The van der Waals surface area contributed by atoms with Crippen LogP contribution in [0.5, 0.6) is 0 Å². The molecular weight excluding hydrogens is 422 g/mol. The Balaban J connectivity index is 1.19. The van der Waals surface area contributed by atoms with Crippen LogP contribution >= 0.6 is 0 Å². The topological polar surface area (TPSA) is 78.5 Å². The lowest BCUT2D eigenvalue weighted by Gasteiger charge is -2.32. The lowest BCUT2D eigenvalue weighted by molar-refractivity contribution is -0.114. The molecule has 2 aromatic rings. The number of hydrogen-bond donors (Lipinski definition) is 2. The van der Waals surface area contributed by atoms with Gasteiger partial charge >= 0.3 is 0 Å². The van der Waals surface area contributed by atoms with E-state index in [1.54, 1.807) is 6.08 Å².